The smallest absolute Gasteiger partial charge is 0.139 e. The second-order valence-corrected chi connectivity index (χ2v) is 6.04. The lowest BCUT2D eigenvalue weighted by Gasteiger charge is -2.34. The third kappa shape index (κ3) is 4.50. The van der Waals surface area contributed by atoms with E-state index >= 15 is 0 Å². The van der Waals surface area contributed by atoms with Gasteiger partial charge in [-0.05, 0) is 11.1 Å². The van der Waals surface area contributed by atoms with Crippen molar-refractivity contribution in [1.82, 2.24) is 0 Å². The fourth-order valence-corrected chi connectivity index (χ4v) is 2.84. The zero-order valence-corrected chi connectivity index (χ0v) is 13.2. The lowest BCUT2D eigenvalue weighted by atomic mass is 9.73. The Labute approximate surface area is 137 Å². The Kier molecular flexibility index (Phi) is 5.56. The molecule has 1 fully saturated rings. The van der Waals surface area contributed by atoms with Crippen LogP contribution in [-0.4, -0.2) is 19.0 Å². The minimum atomic E-state index is -0.00511. The van der Waals surface area contributed by atoms with Gasteiger partial charge in [0.15, 0.2) is 0 Å². The number of carbonyl (C=O) groups is 1. The van der Waals surface area contributed by atoms with E-state index in [4.69, 9.17) is 9.47 Å². The maximum absolute atomic E-state index is 11.8. The summed E-state index contributed by atoms with van der Waals surface area (Å²) in [5.74, 6) is 0.586. The van der Waals surface area contributed by atoms with Gasteiger partial charge in [0.25, 0.3) is 0 Å². The van der Waals surface area contributed by atoms with E-state index in [9.17, 15) is 4.79 Å². The minimum Gasteiger partial charge on any atom is -0.376 e. The molecule has 1 aliphatic rings. The Morgan fingerprint density at radius 3 is 1.83 bits per heavy atom. The van der Waals surface area contributed by atoms with E-state index in [1.165, 1.54) is 0 Å². The SMILES string of the molecule is O=C1CC(COCc2ccccc2)[C@H]1COCc1ccccc1. The molecule has 0 aromatic heterocycles. The van der Waals surface area contributed by atoms with E-state index in [1.54, 1.807) is 0 Å². The van der Waals surface area contributed by atoms with Gasteiger partial charge in [-0.2, -0.15) is 0 Å². The second kappa shape index (κ2) is 8.04. The van der Waals surface area contributed by atoms with Gasteiger partial charge in [0.05, 0.1) is 26.4 Å². The number of ketones is 1. The van der Waals surface area contributed by atoms with Crippen molar-refractivity contribution in [3.8, 4) is 0 Å². The predicted molar refractivity (Wildman–Crippen MR) is 88.8 cm³/mol. The molecule has 3 nitrogen and oxygen atoms in total. The molecule has 0 bridgehead atoms. The highest BCUT2D eigenvalue weighted by atomic mass is 16.5. The number of hydrogen-bond acceptors (Lipinski definition) is 3. The number of rotatable bonds is 8. The van der Waals surface area contributed by atoms with Crippen molar-refractivity contribution in [1.29, 1.82) is 0 Å². The highest BCUT2D eigenvalue weighted by Crippen LogP contribution is 2.31. The van der Waals surface area contributed by atoms with Crippen molar-refractivity contribution >= 4 is 5.78 Å². The molecule has 120 valence electrons. The van der Waals surface area contributed by atoms with Crippen LogP contribution in [0.4, 0.5) is 0 Å². The lowest BCUT2D eigenvalue weighted by molar-refractivity contribution is -0.141. The largest absolute Gasteiger partial charge is 0.376 e. The summed E-state index contributed by atoms with van der Waals surface area (Å²) < 4.78 is 11.5. The van der Waals surface area contributed by atoms with Gasteiger partial charge in [-0.1, -0.05) is 60.7 Å². The molecule has 2 aromatic carbocycles. The molecule has 1 saturated carbocycles. The van der Waals surface area contributed by atoms with E-state index in [2.05, 4.69) is 0 Å². The molecule has 3 heteroatoms. The van der Waals surface area contributed by atoms with E-state index in [0.717, 1.165) is 11.1 Å². The predicted octanol–water partition coefficient (Wildman–Crippen LogP) is 3.63. The van der Waals surface area contributed by atoms with Gasteiger partial charge in [-0.15, -0.1) is 0 Å². The topological polar surface area (TPSA) is 35.5 Å². The molecule has 23 heavy (non-hydrogen) atoms. The lowest BCUT2D eigenvalue weighted by Crippen LogP contribution is -2.42. The maximum Gasteiger partial charge on any atom is 0.139 e. The summed E-state index contributed by atoms with van der Waals surface area (Å²) in [6, 6.07) is 20.1. The first kappa shape index (κ1) is 15.9. The first-order valence-corrected chi connectivity index (χ1v) is 8.09. The fraction of sp³-hybridized carbons (Fsp3) is 0.350. The van der Waals surface area contributed by atoms with Crippen molar-refractivity contribution < 1.29 is 14.3 Å². The molecule has 0 saturated heterocycles. The highest BCUT2D eigenvalue weighted by Gasteiger charge is 2.39. The first-order chi connectivity index (χ1) is 11.3. The molecular weight excluding hydrogens is 288 g/mol. The minimum absolute atomic E-state index is 0.00511. The van der Waals surface area contributed by atoms with Crippen LogP contribution in [0.25, 0.3) is 0 Å². The Morgan fingerprint density at radius 1 is 0.783 bits per heavy atom. The van der Waals surface area contributed by atoms with Gasteiger partial charge in [0.2, 0.25) is 0 Å². The van der Waals surface area contributed by atoms with E-state index in [0.29, 0.717) is 44.5 Å². The Hall–Kier alpha value is -1.97. The summed E-state index contributed by atoms with van der Waals surface area (Å²) in [4.78, 5) is 11.8. The molecule has 0 heterocycles. The van der Waals surface area contributed by atoms with Crippen molar-refractivity contribution in [3.05, 3.63) is 71.8 Å². The van der Waals surface area contributed by atoms with Crippen LogP contribution in [0.1, 0.15) is 17.5 Å². The standard InChI is InChI=1S/C20H22O3/c21-20-11-18(14-22-12-16-7-3-1-4-8-16)19(20)15-23-13-17-9-5-2-6-10-17/h1-10,18-19H,11-15H2/t18?,19-/m1/s1. The molecule has 0 radical (unpaired) electrons. The number of Topliss-reactive ketones (excluding diaryl/α,β-unsaturated/α-hetero) is 1. The Balaban J connectivity index is 1.38. The van der Waals surface area contributed by atoms with Gasteiger partial charge >= 0.3 is 0 Å². The van der Waals surface area contributed by atoms with E-state index in [1.807, 2.05) is 60.7 Å². The highest BCUT2D eigenvalue weighted by molar-refractivity contribution is 5.87. The van der Waals surface area contributed by atoms with Crippen LogP contribution in [0.5, 0.6) is 0 Å². The first-order valence-electron chi connectivity index (χ1n) is 8.09. The Morgan fingerprint density at radius 2 is 1.30 bits per heavy atom. The van der Waals surface area contributed by atoms with Crippen LogP contribution < -0.4 is 0 Å². The molecule has 0 amide bonds. The molecule has 0 aliphatic heterocycles. The van der Waals surface area contributed by atoms with Crippen molar-refractivity contribution in [2.75, 3.05) is 13.2 Å². The van der Waals surface area contributed by atoms with E-state index < -0.39 is 0 Å². The second-order valence-electron chi connectivity index (χ2n) is 6.04. The van der Waals surface area contributed by atoms with Gasteiger partial charge < -0.3 is 9.47 Å². The zero-order chi connectivity index (χ0) is 15.9. The number of ether oxygens (including phenoxy) is 2. The molecule has 0 N–H and O–H groups in total. The summed E-state index contributed by atoms with van der Waals surface area (Å²) in [6.45, 7) is 2.28. The summed E-state index contributed by atoms with van der Waals surface area (Å²) in [5.41, 5.74) is 2.30. The van der Waals surface area contributed by atoms with Crippen LogP contribution in [-0.2, 0) is 27.5 Å². The average molecular weight is 310 g/mol. The number of carbonyl (C=O) groups excluding carboxylic acids is 1. The van der Waals surface area contributed by atoms with Crippen molar-refractivity contribution in [2.45, 2.75) is 19.6 Å². The van der Waals surface area contributed by atoms with Gasteiger partial charge in [0, 0.05) is 18.3 Å². The zero-order valence-electron chi connectivity index (χ0n) is 13.2. The summed E-state index contributed by atoms with van der Waals surface area (Å²) >= 11 is 0. The van der Waals surface area contributed by atoms with Crippen LogP contribution in [0.2, 0.25) is 0 Å². The summed E-state index contributed by atoms with van der Waals surface area (Å²) in [7, 11) is 0. The quantitative estimate of drug-likeness (QED) is 0.747. The normalized spacial score (nSPS) is 20.3. The molecule has 1 unspecified atom stereocenters. The maximum atomic E-state index is 11.8. The molecule has 3 rings (SSSR count). The average Bonchev–Trinajstić information content (AvgIpc) is 2.60. The van der Waals surface area contributed by atoms with Crippen molar-refractivity contribution in [2.24, 2.45) is 11.8 Å². The van der Waals surface area contributed by atoms with Crippen LogP contribution in [0.15, 0.2) is 60.7 Å². The summed E-state index contributed by atoms with van der Waals surface area (Å²) in [6.07, 6.45) is 0.619. The van der Waals surface area contributed by atoms with Gasteiger partial charge in [0.1, 0.15) is 5.78 Å². The van der Waals surface area contributed by atoms with Crippen LogP contribution in [0.3, 0.4) is 0 Å². The third-order valence-corrected chi connectivity index (χ3v) is 4.30. The van der Waals surface area contributed by atoms with Gasteiger partial charge in [-0.25, -0.2) is 0 Å². The Bertz CT molecular complexity index is 609. The number of hydrogen-bond donors (Lipinski definition) is 0. The van der Waals surface area contributed by atoms with Gasteiger partial charge in [-0.3, -0.25) is 4.79 Å². The monoisotopic (exact) mass is 310 g/mol. The molecule has 1 aliphatic carbocycles. The third-order valence-electron chi connectivity index (χ3n) is 4.30. The van der Waals surface area contributed by atoms with E-state index in [-0.39, 0.29) is 5.92 Å². The van der Waals surface area contributed by atoms with Crippen molar-refractivity contribution in [3.63, 3.8) is 0 Å². The molecule has 2 atom stereocenters. The van der Waals surface area contributed by atoms with Crippen LogP contribution >= 0.6 is 0 Å². The molecule has 0 spiro atoms. The molecular formula is C20H22O3. The summed E-state index contributed by atoms with van der Waals surface area (Å²) in [5, 5.41) is 0. The van der Waals surface area contributed by atoms with Crippen LogP contribution in [0, 0.1) is 11.8 Å². The molecule has 2 aromatic rings. The fourth-order valence-electron chi connectivity index (χ4n) is 2.84. The number of benzene rings is 2.